The molecule has 3 amide bonds. The van der Waals surface area contributed by atoms with E-state index in [9.17, 15) is 24.3 Å². The van der Waals surface area contributed by atoms with E-state index >= 15 is 0 Å². The molecule has 1 heterocycles. The molecular formula is C33H29N3O5. The van der Waals surface area contributed by atoms with Crippen molar-refractivity contribution in [1.29, 1.82) is 0 Å². The zero-order valence-corrected chi connectivity index (χ0v) is 22.7. The predicted octanol–water partition coefficient (Wildman–Crippen LogP) is 5.77. The fourth-order valence-electron chi connectivity index (χ4n) is 5.07. The van der Waals surface area contributed by atoms with Crippen molar-refractivity contribution >= 4 is 40.8 Å². The van der Waals surface area contributed by atoms with E-state index in [0.717, 1.165) is 16.7 Å². The summed E-state index contributed by atoms with van der Waals surface area (Å²) in [6.07, 6.45) is -0.0214. The number of aliphatic carboxylic acids is 1. The van der Waals surface area contributed by atoms with E-state index in [1.165, 1.54) is 16.7 Å². The molecule has 8 heteroatoms. The van der Waals surface area contributed by atoms with Gasteiger partial charge in [-0.3, -0.25) is 19.3 Å². The smallest absolute Gasteiger partial charge is 0.326 e. The van der Waals surface area contributed by atoms with E-state index in [-0.39, 0.29) is 30.7 Å². The Balaban J connectivity index is 1.38. The van der Waals surface area contributed by atoms with Crippen molar-refractivity contribution in [2.75, 3.05) is 21.7 Å². The van der Waals surface area contributed by atoms with Gasteiger partial charge in [-0.2, -0.15) is 0 Å². The molecule has 0 aromatic heterocycles. The number of hydrogen-bond donors (Lipinski definition) is 2. The van der Waals surface area contributed by atoms with Gasteiger partial charge in [0.2, 0.25) is 5.91 Å². The van der Waals surface area contributed by atoms with Gasteiger partial charge in [0.15, 0.2) is 0 Å². The predicted molar refractivity (Wildman–Crippen MR) is 158 cm³/mol. The second-order valence-corrected chi connectivity index (χ2v) is 9.87. The van der Waals surface area contributed by atoms with Crippen LogP contribution in [-0.4, -0.2) is 41.4 Å². The second kappa shape index (κ2) is 11.5. The number of rotatable bonds is 6. The van der Waals surface area contributed by atoms with Crippen molar-refractivity contribution in [1.82, 2.24) is 0 Å². The largest absolute Gasteiger partial charge is 0.480 e. The molecule has 0 spiro atoms. The lowest BCUT2D eigenvalue weighted by Gasteiger charge is -2.28. The number of nitrogens with one attached hydrogen (secondary N) is 1. The van der Waals surface area contributed by atoms with E-state index in [2.05, 4.69) is 5.32 Å². The van der Waals surface area contributed by atoms with Gasteiger partial charge in [-0.05, 0) is 73.0 Å². The number of carbonyl (C=O) groups is 4. The number of carboxylic acids is 1. The number of anilines is 3. The number of hydrogen-bond acceptors (Lipinski definition) is 4. The minimum absolute atomic E-state index is 0.0214. The Labute approximate surface area is 237 Å². The molecule has 0 saturated carbocycles. The molecule has 0 bridgehead atoms. The Morgan fingerprint density at radius 3 is 2.10 bits per heavy atom. The Kier molecular flexibility index (Phi) is 7.65. The summed E-state index contributed by atoms with van der Waals surface area (Å²) in [4.78, 5) is 54.2. The third kappa shape index (κ3) is 5.45. The molecule has 4 aromatic carbocycles. The standard InChI is InChI=1S/C33H29N3O5/c1-21-9-3-4-10-25(21)26-11-5-6-12-27(26)31(38)34-24-17-15-23(16-18-24)32(39)35-20-19-30(37)36(22(2)33(40)41)29-14-8-7-13-28(29)35/h3-18,22H,19-20H2,1-2H3,(H,34,38)(H,40,41). The summed E-state index contributed by atoms with van der Waals surface area (Å²) in [5, 5.41) is 12.5. The number of benzene rings is 4. The first-order valence-corrected chi connectivity index (χ1v) is 13.3. The van der Waals surface area contributed by atoms with Crippen LogP contribution in [0.5, 0.6) is 0 Å². The maximum absolute atomic E-state index is 13.6. The summed E-state index contributed by atoms with van der Waals surface area (Å²) in [7, 11) is 0. The lowest BCUT2D eigenvalue weighted by molar-refractivity contribution is -0.139. The SMILES string of the molecule is Cc1ccccc1-c1ccccc1C(=O)Nc1ccc(C(=O)N2CCC(=O)N(C(C)C(=O)O)c3ccccc32)cc1. The molecule has 1 atom stereocenters. The number of amides is 3. The molecule has 8 nitrogen and oxygen atoms in total. The van der Waals surface area contributed by atoms with Gasteiger partial charge in [0.05, 0.1) is 11.4 Å². The summed E-state index contributed by atoms with van der Waals surface area (Å²) in [6, 6.07) is 27.6. The number of nitrogens with zero attached hydrogens (tertiary/aromatic N) is 2. The maximum atomic E-state index is 13.6. The molecule has 5 rings (SSSR count). The van der Waals surface area contributed by atoms with Crippen LogP contribution in [0.3, 0.4) is 0 Å². The number of para-hydroxylation sites is 2. The van der Waals surface area contributed by atoms with Gasteiger partial charge in [0.1, 0.15) is 6.04 Å². The number of fused-ring (bicyclic) bond motifs is 1. The molecule has 1 aliphatic rings. The van der Waals surface area contributed by atoms with Crippen molar-refractivity contribution in [2.45, 2.75) is 26.3 Å². The van der Waals surface area contributed by atoms with Crippen LogP contribution in [0.15, 0.2) is 97.1 Å². The van der Waals surface area contributed by atoms with Crippen LogP contribution in [0, 0.1) is 6.92 Å². The lowest BCUT2D eigenvalue weighted by Crippen LogP contribution is -2.43. The van der Waals surface area contributed by atoms with E-state index in [1.807, 2.05) is 49.4 Å². The summed E-state index contributed by atoms with van der Waals surface area (Å²) in [5.74, 6) is -2.10. The highest BCUT2D eigenvalue weighted by atomic mass is 16.4. The van der Waals surface area contributed by atoms with Crippen molar-refractivity contribution in [2.24, 2.45) is 0 Å². The molecule has 206 valence electrons. The second-order valence-electron chi connectivity index (χ2n) is 9.87. The third-order valence-corrected chi connectivity index (χ3v) is 7.24. The first kappa shape index (κ1) is 27.3. The Morgan fingerprint density at radius 2 is 1.41 bits per heavy atom. The van der Waals surface area contributed by atoms with Gasteiger partial charge >= 0.3 is 5.97 Å². The van der Waals surface area contributed by atoms with E-state index in [1.54, 1.807) is 54.6 Å². The molecule has 0 fully saturated rings. The lowest BCUT2D eigenvalue weighted by atomic mass is 9.95. The topological polar surface area (TPSA) is 107 Å². The fraction of sp³-hybridized carbons (Fsp3) is 0.152. The van der Waals surface area contributed by atoms with E-state index < -0.39 is 12.0 Å². The monoisotopic (exact) mass is 547 g/mol. The van der Waals surface area contributed by atoms with Crippen LogP contribution >= 0.6 is 0 Å². The van der Waals surface area contributed by atoms with Crippen LogP contribution < -0.4 is 15.1 Å². The average molecular weight is 548 g/mol. The first-order valence-electron chi connectivity index (χ1n) is 13.3. The van der Waals surface area contributed by atoms with E-state index in [4.69, 9.17) is 0 Å². The summed E-state index contributed by atoms with van der Waals surface area (Å²) in [5.41, 5.74) is 5.13. The number of aryl methyl sites for hydroxylation is 1. The molecule has 41 heavy (non-hydrogen) atoms. The van der Waals surface area contributed by atoms with Gasteiger partial charge in [0, 0.05) is 29.8 Å². The molecule has 0 saturated heterocycles. The Morgan fingerprint density at radius 1 is 0.805 bits per heavy atom. The highest BCUT2D eigenvalue weighted by Crippen LogP contribution is 2.35. The van der Waals surface area contributed by atoms with Crippen LogP contribution in [0.1, 0.15) is 39.6 Å². The third-order valence-electron chi connectivity index (χ3n) is 7.24. The van der Waals surface area contributed by atoms with Gasteiger partial charge in [0.25, 0.3) is 11.8 Å². The highest BCUT2D eigenvalue weighted by molar-refractivity contribution is 6.13. The highest BCUT2D eigenvalue weighted by Gasteiger charge is 2.34. The molecule has 0 aliphatic carbocycles. The van der Waals surface area contributed by atoms with Crippen molar-refractivity contribution < 1.29 is 24.3 Å². The van der Waals surface area contributed by atoms with Crippen molar-refractivity contribution in [3.63, 3.8) is 0 Å². The molecule has 0 radical (unpaired) electrons. The van der Waals surface area contributed by atoms with Crippen molar-refractivity contribution in [3.8, 4) is 11.1 Å². The van der Waals surface area contributed by atoms with E-state index in [0.29, 0.717) is 28.2 Å². The van der Waals surface area contributed by atoms with Gasteiger partial charge in [-0.15, -0.1) is 0 Å². The van der Waals surface area contributed by atoms with Crippen LogP contribution in [-0.2, 0) is 9.59 Å². The van der Waals surface area contributed by atoms with Crippen molar-refractivity contribution in [3.05, 3.63) is 114 Å². The molecule has 1 aliphatic heterocycles. The normalized spacial score (nSPS) is 13.7. The Hall–Kier alpha value is -5.24. The number of carboxylic acid groups (broad SMARTS) is 1. The van der Waals surface area contributed by atoms with Crippen LogP contribution in [0.4, 0.5) is 17.1 Å². The summed E-state index contributed by atoms with van der Waals surface area (Å²) >= 11 is 0. The average Bonchev–Trinajstić information content (AvgIpc) is 3.13. The molecular weight excluding hydrogens is 518 g/mol. The minimum atomic E-state index is -1.13. The van der Waals surface area contributed by atoms with Crippen LogP contribution in [0.25, 0.3) is 11.1 Å². The Bertz CT molecular complexity index is 1650. The maximum Gasteiger partial charge on any atom is 0.326 e. The molecule has 2 N–H and O–H groups in total. The summed E-state index contributed by atoms with van der Waals surface area (Å²) < 4.78 is 0. The molecule has 1 unspecified atom stereocenters. The fourth-order valence-corrected chi connectivity index (χ4v) is 5.07. The minimum Gasteiger partial charge on any atom is -0.480 e. The molecule has 4 aromatic rings. The first-order chi connectivity index (χ1) is 19.8. The zero-order chi connectivity index (χ0) is 29.1. The summed E-state index contributed by atoms with van der Waals surface area (Å²) in [6.45, 7) is 3.55. The number of carbonyl (C=O) groups excluding carboxylic acids is 3. The zero-order valence-electron chi connectivity index (χ0n) is 22.7. The van der Waals surface area contributed by atoms with Crippen LogP contribution in [0.2, 0.25) is 0 Å². The van der Waals surface area contributed by atoms with Gasteiger partial charge in [-0.25, -0.2) is 4.79 Å². The quantitative estimate of drug-likeness (QED) is 0.319. The van der Waals surface area contributed by atoms with Gasteiger partial charge in [-0.1, -0.05) is 54.6 Å². The van der Waals surface area contributed by atoms with Gasteiger partial charge < -0.3 is 15.3 Å².